The molecule has 9 heteroatoms. The number of halogens is 5. The predicted molar refractivity (Wildman–Crippen MR) is 144 cm³/mol. The van der Waals surface area contributed by atoms with E-state index in [-0.39, 0.29) is 41.0 Å². The predicted octanol–water partition coefficient (Wildman–Crippen LogP) is 8.76. The zero-order valence-corrected chi connectivity index (χ0v) is 21.2. The van der Waals surface area contributed by atoms with Gasteiger partial charge < -0.3 is 14.7 Å². The molecule has 40 heavy (non-hydrogen) atoms. The average molecular weight is 551 g/mol. The van der Waals surface area contributed by atoms with Gasteiger partial charge in [0.1, 0.15) is 28.9 Å². The van der Waals surface area contributed by atoms with Gasteiger partial charge in [0.15, 0.2) is 0 Å². The minimum absolute atomic E-state index is 0.00792. The summed E-state index contributed by atoms with van der Waals surface area (Å²) in [5.74, 6) is -0.977. The van der Waals surface area contributed by atoms with Crippen molar-refractivity contribution in [3.8, 4) is 16.9 Å². The third-order valence-electron chi connectivity index (χ3n) is 6.65. The number of nitrogens with zero attached hydrogens (tertiary/aromatic N) is 2. The summed E-state index contributed by atoms with van der Waals surface area (Å²) in [5, 5.41) is 10.2. The summed E-state index contributed by atoms with van der Waals surface area (Å²) < 4.78 is 75.3. The summed E-state index contributed by atoms with van der Waals surface area (Å²) in [6, 6.07) is 19.3. The molecule has 1 N–H and O–H groups in total. The first-order valence-electron chi connectivity index (χ1n) is 12.2. The van der Waals surface area contributed by atoms with Crippen LogP contribution < -0.4 is 9.64 Å². The normalized spacial score (nSPS) is 14.9. The van der Waals surface area contributed by atoms with Gasteiger partial charge >= 0.3 is 6.18 Å². The quantitative estimate of drug-likeness (QED) is 0.193. The van der Waals surface area contributed by atoms with Crippen LogP contribution in [-0.4, -0.2) is 18.1 Å². The van der Waals surface area contributed by atoms with Crippen LogP contribution in [0.3, 0.4) is 0 Å². The van der Waals surface area contributed by atoms with E-state index >= 15 is 4.39 Å². The lowest BCUT2D eigenvalue weighted by Crippen LogP contribution is -2.39. The van der Waals surface area contributed by atoms with E-state index in [0.717, 1.165) is 23.3 Å². The molecule has 4 aromatic rings. The molecule has 1 atom stereocenters. The van der Waals surface area contributed by atoms with E-state index in [2.05, 4.69) is 11.6 Å². The van der Waals surface area contributed by atoms with Gasteiger partial charge in [0.2, 0.25) is 0 Å². The molecule has 0 saturated carbocycles. The molecular formula is C31H23F5N2O2. The third-order valence-corrected chi connectivity index (χ3v) is 6.65. The molecule has 0 radical (unpaired) electrons. The van der Waals surface area contributed by atoms with Crippen molar-refractivity contribution in [1.82, 2.24) is 0 Å². The van der Waals surface area contributed by atoms with E-state index < -0.39 is 23.6 Å². The number of hydrogen-bond acceptors (Lipinski definition) is 4. The van der Waals surface area contributed by atoms with Crippen LogP contribution in [0, 0.1) is 11.6 Å². The van der Waals surface area contributed by atoms with E-state index in [9.17, 15) is 22.7 Å². The molecular weight excluding hydrogens is 527 g/mol. The Kier molecular flexibility index (Phi) is 7.06. The van der Waals surface area contributed by atoms with Crippen molar-refractivity contribution in [3.05, 3.63) is 126 Å². The summed E-state index contributed by atoms with van der Waals surface area (Å²) in [5.41, 5.74) is 1.46. The van der Waals surface area contributed by atoms with Crippen LogP contribution >= 0.6 is 0 Å². The zero-order valence-electron chi connectivity index (χ0n) is 21.2. The molecule has 1 aliphatic rings. The molecule has 0 aliphatic carbocycles. The number of aliphatic imine (C=N–C) groups is 1. The SMILES string of the molecule is C=C(O)CC1c2cccc(F)c2N=C(c2ccc(-c3ccc(F)cc3)cc2)N1c1cc(C(F)(F)F)ccc1OC. The lowest BCUT2D eigenvalue weighted by atomic mass is 9.94. The highest BCUT2D eigenvalue weighted by atomic mass is 19.4. The van der Waals surface area contributed by atoms with Crippen molar-refractivity contribution in [2.24, 2.45) is 4.99 Å². The Labute approximate surface area is 227 Å². The van der Waals surface area contributed by atoms with E-state index in [1.807, 2.05) is 0 Å². The van der Waals surface area contributed by atoms with Gasteiger partial charge in [0.25, 0.3) is 0 Å². The number of fused-ring (bicyclic) bond motifs is 1. The lowest BCUT2D eigenvalue weighted by molar-refractivity contribution is -0.137. The standard InChI is InChI=1S/C31H23F5N2O2/c1-18(39)16-26-24-4-3-5-25(33)29(24)37-30(21-8-6-19(7-9-21)20-10-13-23(32)14-11-20)38(26)27-17-22(31(34,35)36)12-15-28(27)40-2/h3-15,17,26,39H,1,16H2,2H3. The van der Waals surface area contributed by atoms with E-state index in [1.54, 1.807) is 42.5 Å². The summed E-state index contributed by atoms with van der Waals surface area (Å²) in [6.45, 7) is 3.58. The van der Waals surface area contributed by atoms with Crippen molar-refractivity contribution >= 4 is 17.2 Å². The molecule has 0 aromatic heterocycles. The van der Waals surface area contributed by atoms with Crippen molar-refractivity contribution in [2.45, 2.75) is 18.6 Å². The fourth-order valence-corrected chi connectivity index (χ4v) is 4.78. The number of rotatable bonds is 6. The third kappa shape index (κ3) is 5.14. The van der Waals surface area contributed by atoms with Gasteiger partial charge in [-0.3, -0.25) is 0 Å². The van der Waals surface area contributed by atoms with Crippen LogP contribution in [0.2, 0.25) is 0 Å². The van der Waals surface area contributed by atoms with Crippen molar-refractivity contribution in [2.75, 3.05) is 12.0 Å². The molecule has 0 bridgehead atoms. The van der Waals surface area contributed by atoms with E-state index in [0.29, 0.717) is 11.1 Å². The highest BCUT2D eigenvalue weighted by Crippen LogP contribution is 2.47. The highest BCUT2D eigenvalue weighted by molar-refractivity contribution is 6.13. The zero-order chi connectivity index (χ0) is 28.6. The van der Waals surface area contributed by atoms with Gasteiger partial charge in [-0.15, -0.1) is 0 Å². The van der Waals surface area contributed by atoms with Crippen LogP contribution in [0.5, 0.6) is 5.75 Å². The number of ether oxygens (including phenoxy) is 1. The highest BCUT2D eigenvalue weighted by Gasteiger charge is 2.38. The number of methoxy groups -OCH3 is 1. The fourth-order valence-electron chi connectivity index (χ4n) is 4.78. The Bertz CT molecular complexity index is 1600. The Hall–Kier alpha value is -4.66. The molecule has 1 aliphatic heterocycles. The van der Waals surface area contributed by atoms with E-state index in [1.165, 1.54) is 42.3 Å². The van der Waals surface area contributed by atoms with Crippen LogP contribution in [-0.2, 0) is 6.18 Å². The van der Waals surface area contributed by atoms with Crippen LogP contribution in [0.1, 0.15) is 29.2 Å². The van der Waals surface area contributed by atoms with Gasteiger partial charge in [-0.1, -0.05) is 55.1 Å². The minimum Gasteiger partial charge on any atom is -0.513 e. The van der Waals surface area contributed by atoms with Gasteiger partial charge in [-0.05, 0) is 47.5 Å². The van der Waals surface area contributed by atoms with Crippen molar-refractivity contribution in [3.63, 3.8) is 0 Å². The molecule has 4 aromatic carbocycles. The maximum Gasteiger partial charge on any atom is 0.416 e. The van der Waals surface area contributed by atoms with Gasteiger partial charge in [-0.25, -0.2) is 13.8 Å². The number of alkyl halides is 3. The monoisotopic (exact) mass is 550 g/mol. The molecule has 0 amide bonds. The number of anilines is 1. The second-order valence-corrected chi connectivity index (χ2v) is 9.24. The molecule has 204 valence electrons. The Morgan fingerprint density at radius 2 is 1.55 bits per heavy atom. The fraction of sp³-hybridized carbons (Fsp3) is 0.129. The van der Waals surface area contributed by atoms with Crippen LogP contribution in [0.4, 0.5) is 33.3 Å². The summed E-state index contributed by atoms with van der Waals surface area (Å²) in [7, 11) is 1.33. The first kappa shape index (κ1) is 26.9. The maximum atomic E-state index is 15.1. The average Bonchev–Trinajstić information content (AvgIpc) is 2.93. The second kappa shape index (κ2) is 10.5. The summed E-state index contributed by atoms with van der Waals surface area (Å²) >= 11 is 0. The Morgan fingerprint density at radius 3 is 2.15 bits per heavy atom. The molecule has 0 spiro atoms. The van der Waals surface area contributed by atoms with Gasteiger partial charge in [-0.2, -0.15) is 13.2 Å². The number of aliphatic hydroxyl groups is 1. The first-order valence-corrected chi connectivity index (χ1v) is 12.2. The number of amidine groups is 1. The lowest BCUT2D eigenvalue weighted by Gasteiger charge is -2.39. The van der Waals surface area contributed by atoms with Crippen molar-refractivity contribution < 1.29 is 31.8 Å². The topological polar surface area (TPSA) is 45.1 Å². The molecule has 4 nitrogen and oxygen atoms in total. The molecule has 5 rings (SSSR count). The van der Waals surface area contributed by atoms with Gasteiger partial charge in [0.05, 0.1) is 30.2 Å². The number of para-hydroxylation sites is 1. The van der Waals surface area contributed by atoms with Crippen LogP contribution in [0.25, 0.3) is 11.1 Å². The maximum absolute atomic E-state index is 15.1. The first-order chi connectivity index (χ1) is 19.1. The van der Waals surface area contributed by atoms with Crippen LogP contribution in [0.15, 0.2) is 102 Å². The van der Waals surface area contributed by atoms with Crippen molar-refractivity contribution in [1.29, 1.82) is 0 Å². The minimum atomic E-state index is -4.65. The van der Waals surface area contributed by atoms with Gasteiger partial charge in [0, 0.05) is 17.5 Å². The smallest absolute Gasteiger partial charge is 0.416 e. The number of benzene rings is 4. The largest absolute Gasteiger partial charge is 0.513 e. The Balaban J connectivity index is 1.73. The molecule has 0 fully saturated rings. The Morgan fingerprint density at radius 1 is 0.925 bits per heavy atom. The number of hydrogen-bond donors (Lipinski definition) is 1. The van der Waals surface area contributed by atoms with E-state index in [4.69, 9.17) is 4.74 Å². The molecule has 0 saturated heterocycles. The molecule has 1 unspecified atom stereocenters. The summed E-state index contributed by atoms with van der Waals surface area (Å²) in [6.07, 6.45) is -4.77. The summed E-state index contributed by atoms with van der Waals surface area (Å²) in [4.78, 5) is 6.09. The number of aliphatic hydroxyl groups excluding tert-OH is 1. The molecule has 1 heterocycles. The second-order valence-electron chi connectivity index (χ2n) is 9.24.